The predicted octanol–water partition coefficient (Wildman–Crippen LogP) is 5.97. The van der Waals surface area contributed by atoms with Crippen LogP contribution in [-0.2, 0) is 19.1 Å². The van der Waals surface area contributed by atoms with Gasteiger partial charge < -0.3 is 4.74 Å². The summed E-state index contributed by atoms with van der Waals surface area (Å²) < 4.78 is 6.16. The summed E-state index contributed by atoms with van der Waals surface area (Å²) in [5, 5.41) is 0. The van der Waals surface area contributed by atoms with E-state index in [2.05, 4.69) is 20.8 Å². The van der Waals surface area contributed by atoms with Crippen LogP contribution < -0.4 is 0 Å². The molecule has 172 valence electrons. The number of hydrogen-bond acceptors (Lipinski definition) is 4. The third-order valence-corrected chi connectivity index (χ3v) is 9.92. The zero-order valence-electron chi connectivity index (χ0n) is 19.9. The zero-order chi connectivity index (χ0) is 22.4. The van der Waals surface area contributed by atoms with E-state index in [1.807, 2.05) is 6.08 Å². The third kappa shape index (κ3) is 3.43. The molecular weight excluding hydrogens is 388 g/mol. The van der Waals surface area contributed by atoms with Crippen LogP contribution in [0, 0.1) is 28.6 Å². The van der Waals surface area contributed by atoms with E-state index in [-0.39, 0.29) is 28.4 Å². The lowest BCUT2D eigenvalue weighted by molar-refractivity contribution is -0.189. The van der Waals surface area contributed by atoms with Crippen LogP contribution in [-0.4, -0.2) is 23.1 Å². The number of carbonyl (C=O) groups excluding carboxylic acids is 3. The van der Waals surface area contributed by atoms with E-state index >= 15 is 0 Å². The van der Waals surface area contributed by atoms with Crippen molar-refractivity contribution in [3.63, 3.8) is 0 Å². The van der Waals surface area contributed by atoms with E-state index in [1.54, 1.807) is 6.92 Å². The first-order valence-corrected chi connectivity index (χ1v) is 12.6. The molecule has 3 fully saturated rings. The average molecular weight is 429 g/mol. The first kappa shape index (κ1) is 22.7. The first-order valence-electron chi connectivity index (χ1n) is 12.6. The molecule has 0 radical (unpaired) electrons. The Morgan fingerprint density at radius 3 is 2.48 bits per heavy atom. The van der Waals surface area contributed by atoms with E-state index in [9.17, 15) is 14.4 Å². The number of Topliss-reactive ketones (excluding diaryl/α,β-unsaturated/α-hetero) is 1. The van der Waals surface area contributed by atoms with Crippen molar-refractivity contribution in [1.82, 2.24) is 0 Å². The molecule has 4 aliphatic rings. The fourth-order valence-electron chi connectivity index (χ4n) is 8.14. The highest BCUT2D eigenvalue weighted by Crippen LogP contribution is 2.68. The minimum absolute atomic E-state index is 0.0330. The molecule has 0 saturated heterocycles. The van der Waals surface area contributed by atoms with Crippen LogP contribution in [0.5, 0.6) is 0 Å². The third-order valence-electron chi connectivity index (χ3n) is 9.92. The smallest absolute Gasteiger partial charge is 0.306 e. The summed E-state index contributed by atoms with van der Waals surface area (Å²) in [7, 11) is 0. The Morgan fingerprint density at radius 2 is 1.77 bits per heavy atom. The fourth-order valence-corrected chi connectivity index (χ4v) is 8.14. The van der Waals surface area contributed by atoms with Crippen LogP contribution in [0.4, 0.5) is 0 Å². The average Bonchev–Trinajstić information content (AvgIpc) is 3.02. The zero-order valence-corrected chi connectivity index (χ0v) is 19.9. The van der Waals surface area contributed by atoms with Gasteiger partial charge in [-0.05, 0) is 87.5 Å². The fraction of sp³-hybridized carbons (Fsp3) is 0.815. The maximum absolute atomic E-state index is 13.1. The second kappa shape index (κ2) is 8.15. The van der Waals surface area contributed by atoms with Gasteiger partial charge >= 0.3 is 5.97 Å². The summed E-state index contributed by atoms with van der Waals surface area (Å²) in [6.07, 6.45) is 12.6. The molecular formula is C27H40O4. The van der Waals surface area contributed by atoms with Gasteiger partial charge in [-0.2, -0.15) is 0 Å². The Labute approximate surface area is 187 Å². The van der Waals surface area contributed by atoms with E-state index in [1.165, 1.54) is 5.57 Å². The van der Waals surface area contributed by atoms with Crippen molar-refractivity contribution in [1.29, 1.82) is 0 Å². The van der Waals surface area contributed by atoms with Crippen molar-refractivity contribution in [3.8, 4) is 0 Å². The van der Waals surface area contributed by atoms with Gasteiger partial charge in [-0.3, -0.25) is 14.4 Å². The number of allylic oxidation sites excluding steroid dienone is 1. The molecule has 0 bridgehead atoms. The molecule has 4 nitrogen and oxygen atoms in total. The normalized spacial score (nSPS) is 41.6. The molecule has 4 heteroatoms. The number of ketones is 2. The highest BCUT2D eigenvalue weighted by Gasteiger charge is 2.67. The van der Waals surface area contributed by atoms with Gasteiger partial charge in [0.1, 0.15) is 0 Å². The Morgan fingerprint density at radius 1 is 1.03 bits per heavy atom. The molecule has 0 spiro atoms. The van der Waals surface area contributed by atoms with Crippen LogP contribution >= 0.6 is 0 Å². The molecule has 0 aromatic rings. The van der Waals surface area contributed by atoms with E-state index in [0.717, 1.165) is 57.8 Å². The summed E-state index contributed by atoms with van der Waals surface area (Å²) in [6.45, 7) is 8.37. The van der Waals surface area contributed by atoms with Crippen LogP contribution in [0.1, 0.15) is 105 Å². The van der Waals surface area contributed by atoms with Gasteiger partial charge in [-0.15, -0.1) is 0 Å². The standard InChI is InChI=1S/C27H40O4/c1-5-6-7-8-24(30)31-27(18(2)28)16-13-23-21-10-9-19-17-20(29)11-14-25(19,3)22(21)12-15-26(23,27)4/h17,21-23H,5-16H2,1-4H3/t21-,22?,23?,25+,26+,27+/m0/s1. The maximum atomic E-state index is 13.1. The maximum Gasteiger partial charge on any atom is 0.306 e. The Hall–Kier alpha value is -1.45. The van der Waals surface area contributed by atoms with E-state index in [4.69, 9.17) is 4.74 Å². The largest absolute Gasteiger partial charge is 0.450 e. The molecule has 6 atom stereocenters. The highest BCUT2D eigenvalue weighted by molar-refractivity contribution is 5.91. The SMILES string of the molecule is CCCCCC(=O)O[C@@]1(C(C)=O)CCC2[C@H]3CCC4=CC(=O)CC[C@@]4(C)C3CC[C@]21C. The number of ether oxygens (including phenoxy) is 1. The van der Waals surface area contributed by atoms with Gasteiger partial charge in [-0.1, -0.05) is 39.2 Å². The molecule has 4 aliphatic carbocycles. The number of esters is 1. The Bertz CT molecular complexity index is 797. The monoisotopic (exact) mass is 428 g/mol. The second-order valence-corrected chi connectivity index (χ2v) is 11.3. The van der Waals surface area contributed by atoms with Gasteiger partial charge in [0.15, 0.2) is 17.2 Å². The number of carbonyl (C=O) groups is 3. The number of hydrogen-bond donors (Lipinski definition) is 0. The number of rotatable bonds is 6. The van der Waals surface area contributed by atoms with Gasteiger partial charge in [0.2, 0.25) is 0 Å². The molecule has 31 heavy (non-hydrogen) atoms. The van der Waals surface area contributed by atoms with Gasteiger partial charge in [0.25, 0.3) is 0 Å². The van der Waals surface area contributed by atoms with E-state index < -0.39 is 5.60 Å². The Kier molecular flexibility index (Phi) is 5.98. The van der Waals surface area contributed by atoms with Crippen molar-refractivity contribution >= 4 is 17.5 Å². The Balaban J connectivity index is 1.59. The predicted molar refractivity (Wildman–Crippen MR) is 120 cm³/mol. The molecule has 2 unspecified atom stereocenters. The molecule has 0 heterocycles. The van der Waals surface area contributed by atoms with Gasteiger partial charge in [-0.25, -0.2) is 0 Å². The molecule has 0 aromatic carbocycles. The topological polar surface area (TPSA) is 60.4 Å². The molecule has 4 rings (SSSR count). The molecule has 3 saturated carbocycles. The lowest BCUT2D eigenvalue weighted by Gasteiger charge is -2.59. The minimum atomic E-state index is -0.953. The number of fused-ring (bicyclic) bond motifs is 5. The molecule has 0 N–H and O–H groups in total. The molecule has 0 amide bonds. The lowest BCUT2D eigenvalue weighted by Crippen LogP contribution is -2.58. The van der Waals surface area contributed by atoms with Gasteiger partial charge in [0.05, 0.1) is 0 Å². The lowest BCUT2D eigenvalue weighted by atomic mass is 9.46. The minimum Gasteiger partial charge on any atom is -0.450 e. The first-order chi connectivity index (χ1) is 14.7. The van der Waals surface area contributed by atoms with Crippen molar-refractivity contribution in [2.75, 3.05) is 0 Å². The van der Waals surface area contributed by atoms with Crippen molar-refractivity contribution in [3.05, 3.63) is 11.6 Å². The second-order valence-electron chi connectivity index (χ2n) is 11.3. The van der Waals surface area contributed by atoms with Crippen LogP contribution in [0.15, 0.2) is 11.6 Å². The van der Waals surface area contributed by atoms with E-state index in [0.29, 0.717) is 37.0 Å². The summed E-state index contributed by atoms with van der Waals surface area (Å²) >= 11 is 0. The van der Waals surface area contributed by atoms with Crippen LogP contribution in [0.2, 0.25) is 0 Å². The van der Waals surface area contributed by atoms with Gasteiger partial charge in [0, 0.05) is 18.3 Å². The van der Waals surface area contributed by atoms with Crippen molar-refractivity contribution < 1.29 is 19.1 Å². The quantitative estimate of drug-likeness (QED) is 0.386. The summed E-state index contributed by atoms with van der Waals surface area (Å²) in [6, 6.07) is 0. The van der Waals surface area contributed by atoms with Crippen LogP contribution in [0.25, 0.3) is 0 Å². The molecule has 0 aromatic heterocycles. The summed E-state index contributed by atoms with van der Waals surface area (Å²) in [5.41, 5.74) is 0.261. The van der Waals surface area contributed by atoms with Crippen LogP contribution in [0.3, 0.4) is 0 Å². The summed E-state index contributed by atoms with van der Waals surface area (Å²) in [4.78, 5) is 37.8. The van der Waals surface area contributed by atoms with Crippen molar-refractivity contribution in [2.24, 2.45) is 28.6 Å². The molecule has 0 aliphatic heterocycles. The number of unbranched alkanes of at least 4 members (excludes halogenated alkanes) is 2. The van der Waals surface area contributed by atoms with Crippen molar-refractivity contribution in [2.45, 2.75) is 110 Å². The summed E-state index contributed by atoms with van der Waals surface area (Å²) in [5.74, 6) is 1.66. The highest BCUT2D eigenvalue weighted by atomic mass is 16.6.